The zero-order chi connectivity index (χ0) is 20.5. The van der Waals surface area contributed by atoms with E-state index < -0.39 is 35.1 Å². The van der Waals surface area contributed by atoms with Crippen LogP contribution in [-0.2, 0) is 9.59 Å². The molecule has 0 radical (unpaired) electrons. The van der Waals surface area contributed by atoms with Gasteiger partial charge in [0.1, 0.15) is 17.4 Å². The molecule has 4 rings (SSSR count). The van der Waals surface area contributed by atoms with Gasteiger partial charge >= 0.3 is 5.91 Å². The fourth-order valence-corrected chi connectivity index (χ4v) is 3.18. The summed E-state index contributed by atoms with van der Waals surface area (Å²) in [6.45, 7) is 0. The Morgan fingerprint density at radius 2 is 1.45 bits per heavy atom. The van der Waals surface area contributed by atoms with E-state index in [9.17, 15) is 23.5 Å². The highest BCUT2D eigenvalue weighted by atomic mass is 19.1. The predicted octanol–water partition coefficient (Wildman–Crippen LogP) is 3.38. The third kappa shape index (κ3) is 3.25. The molecule has 0 saturated carbocycles. The van der Waals surface area contributed by atoms with Crippen molar-refractivity contribution in [1.29, 1.82) is 0 Å². The third-order valence-corrected chi connectivity index (χ3v) is 4.52. The summed E-state index contributed by atoms with van der Waals surface area (Å²) in [6.07, 6.45) is 2.81. The van der Waals surface area contributed by atoms with E-state index in [1.807, 2.05) is 0 Å². The lowest BCUT2D eigenvalue weighted by Gasteiger charge is -2.23. The Balaban J connectivity index is 1.94. The Morgan fingerprint density at radius 3 is 2.03 bits per heavy atom. The number of aliphatic hydroxyl groups excluding tert-OH is 1. The number of carbonyl (C=O) groups excluding carboxylic acids is 2. The lowest BCUT2D eigenvalue weighted by molar-refractivity contribution is -0.132. The first-order valence-electron chi connectivity index (χ1n) is 8.57. The maximum absolute atomic E-state index is 13.4. The van der Waals surface area contributed by atoms with Crippen molar-refractivity contribution in [2.24, 2.45) is 0 Å². The van der Waals surface area contributed by atoms with Crippen LogP contribution in [0.1, 0.15) is 17.2 Å². The third-order valence-electron chi connectivity index (χ3n) is 4.52. The van der Waals surface area contributed by atoms with Crippen molar-refractivity contribution in [3.8, 4) is 0 Å². The van der Waals surface area contributed by atoms with Crippen LogP contribution in [0.2, 0.25) is 0 Å². The number of ketones is 1. The standard InChI is InChI=1S/C21H13F2N3O3/c22-14-6-2-12(3-7-14)17-16(18(27)13-4-8-15(23)9-5-13)19(28)20(29)26(17)21-24-10-1-11-25-21/h1-11,17,27H. The quantitative estimate of drug-likeness (QED) is 0.419. The molecule has 1 fully saturated rings. The van der Waals surface area contributed by atoms with E-state index in [1.54, 1.807) is 6.07 Å². The summed E-state index contributed by atoms with van der Waals surface area (Å²) in [4.78, 5) is 34.7. The Labute approximate surface area is 163 Å². The fourth-order valence-electron chi connectivity index (χ4n) is 3.18. The molecule has 1 N–H and O–H groups in total. The van der Waals surface area contributed by atoms with Crippen LogP contribution in [0.15, 0.2) is 72.6 Å². The lowest BCUT2D eigenvalue weighted by atomic mass is 9.95. The first-order valence-corrected chi connectivity index (χ1v) is 8.57. The van der Waals surface area contributed by atoms with Gasteiger partial charge in [-0.1, -0.05) is 12.1 Å². The molecule has 8 heteroatoms. The highest BCUT2D eigenvalue weighted by molar-refractivity contribution is 6.51. The molecule has 1 aliphatic heterocycles. The number of hydrogen-bond donors (Lipinski definition) is 1. The molecule has 1 aliphatic rings. The van der Waals surface area contributed by atoms with Crippen LogP contribution in [0, 0.1) is 11.6 Å². The molecule has 0 aliphatic carbocycles. The number of halogens is 2. The van der Waals surface area contributed by atoms with Crippen LogP contribution in [0.3, 0.4) is 0 Å². The Bertz CT molecular complexity index is 1110. The smallest absolute Gasteiger partial charge is 0.302 e. The van der Waals surface area contributed by atoms with Gasteiger partial charge in [0.05, 0.1) is 11.6 Å². The van der Waals surface area contributed by atoms with E-state index in [0.29, 0.717) is 5.56 Å². The Morgan fingerprint density at radius 1 is 0.897 bits per heavy atom. The van der Waals surface area contributed by atoms with Crippen LogP contribution in [0.5, 0.6) is 0 Å². The molecular formula is C21H13F2N3O3. The molecule has 1 aromatic heterocycles. The van der Waals surface area contributed by atoms with Gasteiger partial charge in [-0.3, -0.25) is 14.5 Å². The number of nitrogens with zero attached hydrogens (tertiary/aromatic N) is 3. The molecule has 2 heterocycles. The normalized spacial score (nSPS) is 18.3. The van der Waals surface area contributed by atoms with Crippen LogP contribution in [-0.4, -0.2) is 26.8 Å². The van der Waals surface area contributed by atoms with Crippen molar-refractivity contribution in [3.05, 3.63) is 95.3 Å². The van der Waals surface area contributed by atoms with E-state index in [0.717, 1.165) is 17.0 Å². The summed E-state index contributed by atoms with van der Waals surface area (Å²) in [5.41, 5.74) is 0.313. The number of amides is 1. The van der Waals surface area contributed by atoms with Crippen LogP contribution >= 0.6 is 0 Å². The first-order chi connectivity index (χ1) is 14.0. The average molecular weight is 393 g/mol. The summed E-state index contributed by atoms with van der Waals surface area (Å²) < 4.78 is 26.7. The molecule has 3 aromatic rings. The van der Waals surface area contributed by atoms with Gasteiger partial charge in [0, 0.05) is 18.0 Å². The van der Waals surface area contributed by atoms with Crippen molar-refractivity contribution in [1.82, 2.24) is 9.97 Å². The van der Waals surface area contributed by atoms with Crippen LogP contribution in [0.4, 0.5) is 14.7 Å². The molecule has 0 spiro atoms. The van der Waals surface area contributed by atoms with Crippen molar-refractivity contribution in [2.45, 2.75) is 6.04 Å². The molecule has 1 amide bonds. The molecule has 2 aromatic carbocycles. The molecule has 1 saturated heterocycles. The topological polar surface area (TPSA) is 83.4 Å². The van der Waals surface area contributed by atoms with E-state index in [4.69, 9.17) is 0 Å². The molecule has 1 unspecified atom stereocenters. The van der Waals surface area contributed by atoms with E-state index in [-0.39, 0.29) is 17.1 Å². The fraction of sp³-hybridized carbons (Fsp3) is 0.0476. The average Bonchev–Trinajstić information content (AvgIpc) is 3.00. The van der Waals surface area contributed by atoms with Crippen LogP contribution in [0.25, 0.3) is 5.76 Å². The summed E-state index contributed by atoms with van der Waals surface area (Å²) in [7, 11) is 0. The number of aromatic nitrogens is 2. The number of benzene rings is 2. The summed E-state index contributed by atoms with van der Waals surface area (Å²) in [5.74, 6) is -3.42. The number of Topliss-reactive ketones (excluding diaryl/α,β-unsaturated/α-hetero) is 1. The van der Waals surface area contributed by atoms with Gasteiger partial charge in [0.2, 0.25) is 5.95 Å². The molecule has 6 nitrogen and oxygen atoms in total. The largest absolute Gasteiger partial charge is 0.507 e. The molecule has 0 bridgehead atoms. The molecule has 29 heavy (non-hydrogen) atoms. The minimum atomic E-state index is -1.08. The van der Waals surface area contributed by atoms with Crippen molar-refractivity contribution in [2.75, 3.05) is 4.90 Å². The predicted molar refractivity (Wildman–Crippen MR) is 99.6 cm³/mol. The van der Waals surface area contributed by atoms with Gasteiger partial charge in [0.25, 0.3) is 5.78 Å². The Hall–Kier alpha value is -3.94. The van der Waals surface area contributed by atoms with Gasteiger partial charge < -0.3 is 5.11 Å². The summed E-state index contributed by atoms with van der Waals surface area (Å²) >= 11 is 0. The number of rotatable bonds is 3. The van der Waals surface area contributed by atoms with Crippen molar-refractivity contribution in [3.63, 3.8) is 0 Å². The highest BCUT2D eigenvalue weighted by Crippen LogP contribution is 2.40. The van der Waals surface area contributed by atoms with E-state index >= 15 is 0 Å². The van der Waals surface area contributed by atoms with Gasteiger partial charge in [-0.25, -0.2) is 18.7 Å². The van der Waals surface area contributed by atoms with Gasteiger partial charge in [-0.2, -0.15) is 0 Å². The SMILES string of the molecule is O=C1C(=O)N(c2ncccn2)C(c2ccc(F)cc2)C1=C(O)c1ccc(F)cc1. The van der Waals surface area contributed by atoms with Gasteiger partial charge in [-0.05, 0) is 48.0 Å². The van der Waals surface area contributed by atoms with Crippen molar-refractivity contribution < 1.29 is 23.5 Å². The molecular weight excluding hydrogens is 380 g/mol. The first kappa shape index (κ1) is 18.4. The maximum atomic E-state index is 13.4. The molecule has 144 valence electrons. The number of anilines is 1. The summed E-state index contributed by atoms with van der Waals surface area (Å²) in [6, 6.07) is 10.5. The lowest BCUT2D eigenvalue weighted by Crippen LogP contribution is -2.31. The van der Waals surface area contributed by atoms with Crippen molar-refractivity contribution >= 4 is 23.4 Å². The zero-order valence-corrected chi connectivity index (χ0v) is 14.8. The second kappa shape index (κ2) is 7.23. The number of hydrogen-bond acceptors (Lipinski definition) is 5. The number of carbonyl (C=O) groups is 2. The van der Waals surface area contributed by atoms with Crippen LogP contribution < -0.4 is 4.90 Å². The van der Waals surface area contributed by atoms with E-state index in [2.05, 4.69) is 9.97 Å². The minimum absolute atomic E-state index is 0.0397. The van der Waals surface area contributed by atoms with Gasteiger partial charge in [-0.15, -0.1) is 0 Å². The monoisotopic (exact) mass is 393 g/mol. The second-order valence-electron chi connectivity index (χ2n) is 6.28. The number of aliphatic hydroxyl groups is 1. The zero-order valence-electron chi connectivity index (χ0n) is 14.8. The second-order valence-corrected chi connectivity index (χ2v) is 6.28. The Kier molecular flexibility index (Phi) is 4.59. The van der Waals surface area contributed by atoms with E-state index in [1.165, 1.54) is 48.8 Å². The highest BCUT2D eigenvalue weighted by Gasteiger charge is 2.48. The molecule has 1 atom stereocenters. The summed E-state index contributed by atoms with van der Waals surface area (Å²) in [5, 5.41) is 10.8. The maximum Gasteiger partial charge on any atom is 0.302 e. The minimum Gasteiger partial charge on any atom is -0.507 e. The van der Waals surface area contributed by atoms with Gasteiger partial charge in [0.15, 0.2) is 0 Å².